The molecule has 1 aliphatic rings. The Labute approximate surface area is 123 Å². The number of hydrogen-bond acceptors (Lipinski definition) is 3. The van der Waals surface area contributed by atoms with Crippen molar-refractivity contribution < 1.29 is 4.74 Å². The molecule has 1 aliphatic heterocycles. The summed E-state index contributed by atoms with van der Waals surface area (Å²) in [4.78, 5) is 2.54. The number of nitrogens with zero attached hydrogens (tertiary/aromatic N) is 1. The van der Waals surface area contributed by atoms with Crippen LogP contribution in [-0.4, -0.2) is 25.7 Å². The predicted octanol–water partition coefficient (Wildman–Crippen LogP) is 3.57. The second-order valence-corrected chi connectivity index (χ2v) is 6.03. The molecule has 1 atom stereocenters. The third kappa shape index (κ3) is 3.45. The molecule has 112 valence electrons. The summed E-state index contributed by atoms with van der Waals surface area (Å²) in [7, 11) is 1.76. The molecule has 3 nitrogen and oxygen atoms in total. The van der Waals surface area contributed by atoms with Gasteiger partial charge in [0.05, 0.1) is 7.11 Å². The summed E-state index contributed by atoms with van der Waals surface area (Å²) in [6.07, 6.45) is 3.92. The van der Waals surface area contributed by atoms with Crippen molar-refractivity contribution in [3.05, 3.63) is 23.8 Å². The SMILES string of the molecule is COc1cccc(N2CCCCC2C)c1CNC(C)C. The fraction of sp³-hybridized carbons (Fsp3) is 0.647. The minimum absolute atomic E-state index is 0.478. The lowest BCUT2D eigenvalue weighted by Gasteiger charge is -2.37. The molecule has 1 aromatic rings. The molecular weight excluding hydrogens is 248 g/mol. The van der Waals surface area contributed by atoms with Crippen LogP contribution in [-0.2, 0) is 6.54 Å². The first-order chi connectivity index (χ1) is 9.63. The molecular formula is C17H28N2O. The van der Waals surface area contributed by atoms with Crippen LogP contribution in [0.4, 0.5) is 5.69 Å². The number of benzene rings is 1. The van der Waals surface area contributed by atoms with Gasteiger partial charge >= 0.3 is 0 Å². The number of ether oxygens (including phenoxy) is 1. The zero-order valence-corrected chi connectivity index (χ0v) is 13.3. The Hall–Kier alpha value is -1.22. The van der Waals surface area contributed by atoms with Crippen LogP contribution < -0.4 is 15.0 Å². The Morgan fingerprint density at radius 3 is 2.80 bits per heavy atom. The van der Waals surface area contributed by atoms with Crippen LogP contribution in [0.3, 0.4) is 0 Å². The van der Waals surface area contributed by atoms with E-state index in [1.54, 1.807) is 7.11 Å². The highest BCUT2D eigenvalue weighted by Crippen LogP contribution is 2.33. The lowest BCUT2D eigenvalue weighted by molar-refractivity contribution is 0.405. The quantitative estimate of drug-likeness (QED) is 0.889. The molecule has 2 rings (SSSR count). The van der Waals surface area contributed by atoms with Crippen molar-refractivity contribution in [1.82, 2.24) is 5.32 Å². The monoisotopic (exact) mass is 276 g/mol. The van der Waals surface area contributed by atoms with Gasteiger partial charge in [0.25, 0.3) is 0 Å². The van der Waals surface area contributed by atoms with E-state index in [-0.39, 0.29) is 0 Å². The largest absolute Gasteiger partial charge is 0.496 e. The fourth-order valence-corrected chi connectivity index (χ4v) is 2.95. The van der Waals surface area contributed by atoms with Crippen LogP contribution in [0.5, 0.6) is 5.75 Å². The van der Waals surface area contributed by atoms with Crippen LogP contribution >= 0.6 is 0 Å². The van der Waals surface area contributed by atoms with Gasteiger partial charge in [0.15, 0.2) is 0 Å². The van der Waals surface area contributed by atoms with Gasteiger partial charge in [-0.3, -0.25) is 0 Å². The number of nitrogens with one attached hydrogen (secondary N) is 1. The van der Waals surface area contributed by atoms with Gasteiger partial charge in [0.1, 0.15) is 5.75 Å². The van der Waals surface area contributed by atoms with Gasteiger partial charge in [-0.25, -0.2) is 0 Å². The van der Waals surface area contributed by atoms with E-state index in [1.807, 2.05) is 0 Å². The van der Waals surface area contributed by atoms with Gasteiger partial charge in [-0.15, -0.1) is 0 Å². The molecule has 0 aromatic heterocycles. The summed E-state index contributed by atoms with van der Waals surface area (Å²) in [5, 5.41) is 3.52. The summed E-state index contributed by atoms with van der Waals surface area (Å²) in [5.74, 6) is 0.994. The minimum Gasteiger partial charge on any atom is -0.496 e. The normalized spacial score (nSPS) is 19.4. The van der Waals surface area contributed by atoms with Crippen molar-refractivity contribution >= 4 is 5.69 Å². The molecule has 0 bridgehead atoms. The highest BCUT2D eigenvalue weighted by atomic mass is 16.5. The smallest absolute Gasteiger partial charge is 0.125 e. The summed E-state index contributed by atoms with van der Waals surface area (Å²) in [6, 6.07) is 7.51. The van der Waals surface area contributed by atoms with Crippen LogP contribution in [0.25, 0.3) is 0 Å². The van der Waals surface area contributed by atoms with Crippen molar-refractivity contribution in [3.8, 4) is 5.75 Å². The number of rotatable bonds is 5. The summed E-state index contributed by atoms with van der Waals surface area (Å²) in [5.41, 5.74) is 2.63. The first-order valence-corrected chi connectivity index (χ1v) is 7.79. The van der Waals surface area contributed by atoms with Crippen molar-refractivity contribution in [2.45, 2.75) is 58.7 Å². The van der Waals surface area contributed by atoms with E-state index >= 15 is 0 Å². The maximum atomic E-state index is 5.58. The van der Waals surface area contributed by atoms with E-state index in [2.05, 4.69) is 49.2 Å². The van der Waals surface area contributed by atoms with Crippen LogP contribution in [0.15, 0.2) is 18.2 Å². The summed E-state index contributed by atoms with van der Waals surface area (Å²) >= 11 is 0. The Morgan fingerprint density at radius 2 is 2.15 bits per heavy atom. The van der Waals surface area contributed by atoms with Crippen LogP contribution in [0.1, 0.15) is 45.6 Å². The van der Waals surface area contributed by atoms with Gasteiger partial charge in [-0.2, -0.15) is 0 Å². The standard InChI is InChI=1S/C17H28N2O/c1-13(2)18-12-15-16(9-7-10-17(15)20-4)19-11-6-5-8-14(19)3/h7,9-10,13-14,18H,5-6,8,11-12H2,1-4H3. The third-order valence-corrected chi connectivity index (χ3v) is 4.13. The molecule has 20 heavy (non-hydrogen) atoms. The number of hydrogen-bond donors (Lipinski definition) is 1. The van der Waals surface area contributed by atoms with Gasteiger partial charge in [0, 0.05) is 36.4 Å². The van der Waals surface area contributed by atoms with Crippen LogP contribution in [0, 0.1) is 0 Å². The second-order valence-electron chi connectivity index (χ2n) is 6.03. The van der Waals surface area contributed by atoms with Crippen molar-refractivity contribution in [2.75, 3.05) is 18.6 Å². The lowest BCUT2D eigenvalue weighted by Crippen LogP contribution is -2.38. The van der Waals surface area contributed by atoms with E-state index in [1.165, 1.54) is 30.5 Å². The van der Waals surface area contributed by atoms with Gasteiger partial charge in [0.2, 0.25) is 0 Å². The molecule has 1 N–H and O–H groups in total. The molecule has 1 aromatic carbocycles. The van der Waals surface area contributed by atoms with E-state index < -0.39 is 0 Å². The average molecular weight is 276 g/mol. The Balaban J connectivity index is 2.30. The Bertz CT molecular complexity index is 431. The van der Waals surface area contributed by atoms with Gasteiger partial charge < -0.3 is 15.0 Å². The molecule has 0 spiro atoms. The molecule has 1 heterocycles. The highest BCUT2D eigenvalue weighted by Gasteiger charge is 2.22. The first-order valence-electron chi connectivity index (χ1n) is 7.79. The van der Waals surface area contributed by atoms with Gasteiger partial charge in [-0.05, 0) is 38.3 Å². The molecule has 1 saturated heterocycles. The first kappa shape index (κ1) is 15.2. The number of methoxy groups -OCH3 is 1. The topological polar surface area (TPSA) is 24.5 Å². The molecule has 1 unspecified atom stereocenters. The van der Waals surface area contributed by atoms with Crippen LogP contribution in [0.2, 0.25) is 0 Å². The second kappa shape index (κ2) is 6.98. The highest BCUT2D eigenvalue weighted by molar-refractivity contribution is 5.60. The fourth-order valence-electron chi connectivity index (χ4n) is 2.95. The van der Waals surface area contributed by atoms with Crippen molar-refractivity contribution in [3.63, 3.8) is 0 Å². The minimum atomic E-state index is 0.478. The van der Waals surface area contributed by atoms with Crippen molar-refractivity contribution in [1.29, 1.82) is 0 Å². The molecule has 0 radical (unpaired) electrons. The van der Waals surface area contributed by atoms with E-state index in [0.717, 1.165) is 18.8 Å². The molecule has 3 heteroatoms. The summed E-state index contributed by atoms with van der Waals surface area (Å²) in [6.45, 7) is 8.71. The molecule has 1 fully saturated rings. The van der Waals surface area contributed by atoms with Gasteiger partial charge in [-0.1, -0.05) is 19.9 Å². The molecule has 0 amide bonds. The molecule has 0 aliphatic carbocycles. The third-order valence-electron chi connectivity index (χ3n) is 4.13. The van der Waals surface area contributed by atoms with E-state index in [4.69, 9.17) is 4.74 Å². The summed E-state index contributed by atoms with van der Waals surface area (Å²) < 4.78 is 5.58. The lowest BCUT2D eigenvalue weighted by atomic mass is 10.0. The van der Waals surface area contributed by atoms with E-state index in [0.29, 0.717) is 12.1 Å². The number of piperidine rings is 1. The zero-order chi connectivity index (χ0) is 14.5. The predicted molar refractivity (Wildman–Crippen MR) is 85.6 cm³/mol. The Kier molecular flexibility index (Phi) is 5.30. The molecule has 0 saturated carbocycles. The van der Waals surface area contributed by atoms with E-state index in [9.17, 15) is 0 Å². The maximum absolute atomic E-state index is 5.58. The maximum Gasteiger partial charge on any atom is 0.125 e. The average Bonchev–Trinajstić information content (AvgIpc) is 2.45. The number of anilines is 1. The van der Waals surface area contributed by atoms with Crippen molar-refractivity contribution in [2.24, 2.45) is 0 Å². The Morgan fingerprint density at radius 1 is 1.35 bits per heavy atom. The zero-order valence-electron chi connectivity index (χ0n) is 13.3.